The van der Waals surface area contributed by atoms with Crippen LogP contribution in [0.2, 0.25) is 0 Å². The van der Waals surface area contributed by atoms with Crippen molar-refractivity contribution in [1.29, 1.82) is 0 Å². The van der Waals surface area contributed by atoms with Gasteiger partial charge < -0.3 is 11.5 Å². The molecule has 192 valence electrons. The number of nitrogen functional groups attached to an aromatic ring is 2. The van der Waals surface area contributed by atoms with Gasteiger partial charge in [-0.3, -0.25) is 0 Å². The van der Waals surface area contributed by atoms with Crippen molar-refractivity contribution in [3.05, 3.63) is 128 Å². The second kappa shape index (κ2) is 12.1. The van der Waals surface area contributed by atoms with E-state index in [4.69, 9.17) is 11.5 Å². The first-order chi connectivity index (χ1) is 17.8. The molecule has 0 aliphatic rings. The number of anilines is 2. The molecule has 0 amide bonds. The molecule has 4 aromatic rings. The minimum absolute atomic E-state index is 0.890. The lowest BCUT2D eigenvalue weighted by molar-refractivity contribution is 0.818. The highest BCUT2D eigenvalue weighted by Crippen LogP contribution is 2.22. The predicted octanol–water partition coefficient (Wildman–Crippen LogP) is 7.83. The van der Waals surface area contributed by atoms with E-state index in [1.807, 2.05) is 12.1 Å². The number of benzene rings is 4. The third kappa shape index (κ3) is 6.83. The lowest BCUT2D eigenvalue weighted by Gasteiger charge is -2.11. The van der Waals surface area contributed by atoms with E-state index in [1.165, 1.54) is 62.1 Å². The fourth-order valence-corrected chi connectivity index (χ4v) is 5.14. The molecular formula is C35H42N2. The Bertz CT molecular complexity index is 1230. The largest absolute Gasteiger partial charge is 0.399 e. The van der Waals surface area contributed by atoms with Gasteiger partial charge in [0.25, 0.3) is 0 Å². The zero-order valence-corrected chi connectivity index (χ0v) is 23.0. The van der Waals surface area contributed by atoms with Gasteiger partial charge in [-0.25, -0.2) is 0 Å². The van der Waals surface area contributed by atoms with Crippen LogP contribution < -0.4 is 11.5 Å². The average molecular weight is 491 g/mol. The van der Waals surface area contributed by atoms with Gasteiger partial charge in [0.1, 0.15) is 0 Å². The molecule has 0 spiro atoms. The number of aryl methyl sites for hydroxylation is 6. The van der Waals surface area contributed by atoms with Crippen LogP contribution in [0, 0.1) is 27.7 Å². The van der Waals surface area contributed by atoms with Crippen molar-refractivity contribution in [1.82, 2.24) is 0 Å². The van der Waals surface area contributed by atoms with E-state index < -0.39 is 0 Å². The molecule has 0 aliphatic carbocycles. The number of hydrogen-bond acceptors (Lipinski definition) is 2. The second-order valence-corrected chi connectivity index (χ2v) is 10.6. The van der Waals surface area contributed by atoms with Crippen LogP contribution in [-0.4, -0.2) is 0 Å². The van der Waals surface area contributed by atoms with E-state index in [-0.39, 0.29) is 0 Å². The summed E-state index contributed by atoms with van der Waals surface area (Å²) in [6, 6.07) is 26.9. The molecule has 0 bridgehead atoms. The molecule has 0 aromatic heterocycles. The molecule has 0 atom stereocenters. The molecule has 0 radical (unpaired) electrons. The molecule has 0 aliphatic heterocycles. The van der Waals surface area contributed by atoms with E-state index in [1.54, 1.807) is 0 Å². The third-order valence-corrected chi connectivity index (χ3v) is 8.23. The van der Waals surface area contributed by atoms with Crippen molar-refractivity contribution in [3.63, 3.8) is 0 Å². The number of rotatable bonds is 10. The van der Waals surface area contributed by atoms with Crippen LogP contribution in [0.3, 0.4) is 0 Å². The van der Waals surface area contributed by atoms with Gasteiger partial charge in [0.2, 0.25) is 0 Å². The Labute approximate surface area is 223 Å². The molecule has 4 aromatic carbocycles. The first-order valence-corrected chi connectivity index (χ1v) is 13.7. The molecule has 0 saturated carbocycles. The maximum Gasteiger partial charge on any atom is 0.0346 e. The van der Waals surface area contributed by atoms with E-state index in [0.29, 0.717) is 0 Å². The molecule has 2 heteroatoms. The van der Waals surface area contributed by atoms with Gasteiger partial charge in [0, 0.05) is 11.4 Å². The third-order valence-electron chi connectivity index (χ3n) is 8.23. The van der Waals surface area contributed by atoms with Crippen molar-refractivity contribution in [2.45, 2.75) is 72.6 Å². The molecule has 37 heavy (non-hydrogen) atoms. The lowest BCUT2D eigenvalue weighted by Crippen LogP contribution is -2.00. The van der Waals surface area contributed by atoms with Gasteiger partial charge in [0.05, 0.1) is 0 Å². The average Bonchev–Trinajstić information content (AvgIpc) is 2.91. The number of hydrogen-bond donors (Lipinski definition) is 2. The first kappa shape index (κ1) is 26.5. The highest BCUT2D eigenvalue weighted by molar-refractivity contribution is 5.53. The minimum Gasteiger partial charge on any atom is -0.399 e. The van der Waals surface area contributed by atoms with Crippen molar-refractivity contribution < 1.29 is 0 Å². The minimum atomic E-state index is 0.890. The SMILES string of the molecule is Cc1c(N)ccc(CCc2ccc(CCCc3ccc(CCc4ccc(N)c(C)c4C)cc3)cc2)c1C. The lowest BCUT2D eigenvalue weighted by atomic mass is 9.95. The summed E-state index contributed by atoms with van der Waals surface area (Å²) < 4.78 is 0. The van der Waals surface area contributed by atoms with Crippen LogP contribution in [0.25, 0.3) is 0 Å². The van der Waals surface area contributed by atoms with Crippen molar-refractivity contribution >= 4 is 11.4 Å². The monoisotopic (exact) mass is 490 g/mol. The summed E-state index contributed by atoms with van der Waals surface area (Å²) in [4.78, 5) is 0. The van der Waals surface area contributed by atoms with Crippen LogP contribution in [-0.2, 0) is 38.5 Å². The van der Waals surface area contributed by atoms with Crippen LogP contribution >= 0.6 is 0 Å². The highest BCUT2D eigenvalue weighted by atomic mass is 14.6. The van der Waals surface area contributed by atoms with Crippen LogP contribution in [0.4, 0.5) is 11.4 Å². The maximum atomic E-state index is 6.04. The maximum absolute atomic E-state index is 6.04. The summed E-state index contributed by atoms with van der Waals surface area (Å²) >= 11 is 0. The number of nitrogens with two attached hydrogens (primary N) is 2. The topological polar surface area (TPSA) is 52.0 Å². The molecule has 2 nitrogen and oxygen atoms in total. The van der Waals surface area contributed by atoms with Gasteiger partial charge in [-0.05, 0) is 140 Å². The van der Waals surface area contributed by atoms with Crippen molar-refractivity contribution in [2.24, 2.45) is 0 Å². The normalized spacial score (nSPS) is 11.1. The summed E-state index contributed by atoms with van der Waals surface area (Å²) in [5.74, 6) is 0. The molecule has 4 N–H and O–H groups in total. The second-order valence-electron chi connectivity index (χ2n) is 10.6. The Kier molecular flexibility index (Phi) is 8.71. The van der Waals surface area contributed by atoms with Crippen molar-refractivity contribution in [3.8, 4) is 0 Å². The predicted molar refractivity (Wildman–Crippen MR) is 160 cm³/mol. The first-order valence-electron chi connectivity index (χ1n) is 13.7. The van der Waals surface area contributed by atoms with E-state index in [2.05, 4.69) is 88.4 Å². The fraction of sp³-hybridized carbons (Fsp3) is 0.314. The molecule has 0 heterocycles. The van der Waals surface area contributed by atoms with Gasteiger partial charge in [-0.15, -0.1) is 0 Å². The van der Waals surface area contributed by atoms with Crippen LogP contribution in [0.15, 0.2) is 72.8 Å². The van der Waals surface area contributed by atoms with Crippen molar-refractivity contribution in [2.75, 3.05) is 11.5 Å². The summed E-state index contributed by atoms with van der Waals surface area (Å²) in [6.07, 6.45) is 7.65. The van der Waals surface area contributed by atoms with E-state index >= 15 is 0 Å². The Morgan fingerprint density at radius 2 is 0.703 bits per heavy atom. The fourth-order valence-electron chi connectivity index (χ4n) is 5.14. The Balaban J connectivity index is 1.21. The Morgan fingerprint density at radius 3 is 1.05 bits per heavy atom. The Morgan fingerprint density at radius 1 is 0.378 bits per heavy atom. The molecule has 0 saturated heterocycles. The van der Waals surface area contributed by atoms with Crippen LogP contribution in [0.5, 0.6) is 0 Å². The highest BCUT2D eigenvalue weighted by Gasteiger charge is 2.06. The summed E-state index contributed by atoms with van der Waals surface area (Å²) in [6.45, 7) is 8.59. The quantitative estimate of drug-likeness (QED) is 0.223. The van der Waals surface area contributed by atoms with Gasteiger partial charge >= 0.3 is 0 Å². The molecule has 0 fully saturated rings. The zero-order valence-electron chi connectivity index (χ0n) is 23.0. The molecular weight excluding hydrogens is 448 g/mol. The summed E-state index contributed by atoms with van der Waals surface area (Å²) in [7, 11) is 0. The molecule has 4 rings (SSSR count). The smallest absolute Gasteiger partial charge is 0.0346 e. The van der Waals surface area contributed by atoms with E-state index in [0.717, 1.165) is 49.9 Å². The van der Waals surface area contributed by atoms with Gasteiger partial charge in [-0.2, -0.15) is 0 Å². The standard InChI is InChI=1S/C35H42N2/c1-24-26(3)34(36)22-20-32(24)18-16-30-12-8-28(9-13-30)6-5-7-29-10-14-31(15-11-29)17-19-33-21-23-35(37)27(4)25(33)2/h8-15,20-23H,5-7,16-19,36-37H2,1-4H3. The van der Waals surface area contributed by atoms with Gasteiger partial charge in [0.15, 0.2) is 0 Å². The summed E-state index contributed by atoms with van der Waals surface area (Å²) in [5, 5.41) is 0. The van der Waals surface area contributed by atoms with Crippen LogP contribution in [0.1, 0.15) is 62.1 Å². The molecule has 0 unspecified atom stereocenters. The Hall–Kier alpha value is -3.52. The summed E-state index contributed by atoms with van der Waals surface area (Å²) in [5.41, 5.74) is 27.4. The zero-order chi connectivity index (χ0) is 26.4. The van der Waals surface area contributed by atoms with Gasteiger partial charge in [-0.1, -0.05) is 60.7 Å². The van der Waals surface area contributed by atoms with E-state index in [9.17, 15) is 0 Å².